The molecular formula is C13H27N3O. The van der Waals surface area contributed by atoms with Crippen molar-refractivity contribution >= 4 is 5.91 Å². The molecule has 0 aromatic carbocycles. The van der Waals surface area contributed by atoms with Crippen molar-refractivity contribution in [3.8, 4) is 0 Å². The van der Waals surface area contributed by atoms with Crippen molar-refractivity contribution in [2.75, 3.05) is 19.6 Å². The number of carbonyl (C=O) groups is 1. The lowest BCUT2D eigenvalue weighted by Gasteiger charge is -2.37. The fourth-order valence-corrected chi connectivity index (χ4v) is 2.45. The Morgan fingerprint density at radius 3 is 2.94 bits per heavy atom. The first-order chi connectivity index (χ1) is 8.15. The van der Waals surface area contributed by atoms with Crippen LogP contribution in [0.1, 0.15) is 46.0 Å². The van der Waals surface area contributed by atoms with Crippen molar-refractivity contribution in [1.29, 1.82) is 0 Å². The highest BCUT2D eigenvalue weighted by Crippen LogP contribution is 2.18. The summed E-state index contributed by atoms with van der Waals surface area (Å²) in [7, 11) is 0. The second-order valence-electron chi connectivity index (χ2n) is 5.10. The monoisotopic (exact) mass is 241 g/mol. The molecule has 2 unspecified atom stereocenters. The highest BCUT2D eigenvalue weighted by Gasteiger charge is 2.26. The maximum absolute atomic E-state index is 11.8. The lowest BCUT2D eigenvalue weighted by Crippen LogP contribution is -2.52. The smallest absolute Gasteiger partial charge is 0.234 e. The quantitative estimate of drug-likeness (QED) is 0.685. The summed E-state index contributed by atoms with van der Waals surface area (Å²) in [6.07, 6.45) is 5.72. The van der Waals surface area contributed by atoms with Gasteiger partial charge in [0.05, 0.1) is 6.54 Å². The Kier molecular flexibility index (Phi) is 6.52. The largest absolute Gasteiger partial charge is 0.355 e. The molecule has 0 spiro atoms. The van der Waals surface area contributed by atoms with Gasteiger partial charge in [-0.2, -0.15) is 0 Å². The number of nitrogens with one attached hydrogen (secondary N) is 1. The van der Waals surface area contributed by atoms with E-state index < -0.39 is 0 Å². The summed E-state index contributed by atoms with van der Waals surface area (Å²) in [5.41, 5.74) is 5.98. The predicted octanol–water partition coefficient (Wildman–Crippen LogP) is 1.10. The number of hydrogen-bond donors (Lipinski definition) is 2. The fourth-order valence-electron chi connectivity index (χ4n) is 2.45. The van der Waals surface area contributed by atoms with Crippen LogP contribution in [-0.2, 0) is 4.79 Å². The van der Waals surface area contributed by atoms with E-state index in [0.717, 1.165) is 32.4 Å². The maximum Gasteiger partial charge on any atom is 0.234 e. The van der Waals surface area contributed by atoms with E-state index in [2.05, 4.69) is 17.1 Å². The van der Waals surface area contributed by atoms with Crippen LogP contribution in [0.4, 0.5) is 0 Å². The first-order valence-electron chi connectivity index (χ1n) is 6.91. The molecule has 4 nitrogen and oxygen atoms in total. The molecular weight excluding hydrogens is 214 g/mol. The van der Waals surface area contributed by atoms with Crippen LogP contribution in [-0.4, -0.2) is 42.5 Å². The van der Waals surface area contributed by atoms with Gasteiger partial charge in [-0.05, 0) is 32.7 Å². The molecule has 0 aromatic heterocycles. The Morgan fingerprint density at radius 2 is 2.29 bits per heavy atom. The molecule has 0 aromatic rings. The van der Waals surface area contributed by atoms with Crippen molar-refractivity contribution in [3.05, 3.63) is 0 Å². The molecule has 1 aliphatic heterocycles. The van der Waals surface area contributed by atoms with Gasteiger partial charge in [0, 0.05) is 18.6 Å². The molecule has 0 saturated carbocycles. The van der Waals surface area contributed by atoms with Crippen molar-refractivity contribution in [1.82, 2.24) is 10.2 Å². The summed E-state index contributed by atoms with van der Waals surface area (Å²) in [5, 5.41) is 2.97. The van der Waals surface area contributed by atoms with Crippen LogP contribution in [0.5, 0.6) is 0 Å². The van der Waals surface area contributed by atoms with Crippen molar-refractivity contribution < 1.29 is 4.79 Å². The number of nitrogens with zero attached hydrogens (tertiary/aromatic N) is 1. The third-order valence-corrected chi connectivity index (χ3v) is 3.47. The topological polar surface area (TPSA) is 58.4 Å². The van der Waals surface area contributed by atoms with Crippen LogP contribution < -0.4 is 11.1 Å². The normalized spacial score (nSPS) is 23.4. The number of likely N-dealkylation sites (tertiary alicyclic amines) is 1. The Morgan fingerprint density at radius 1 is 1.53 bits per heavy atom. The second kappa shape index (κ2) is 7.67. The van der Waals surface area contributed by atoms with Crippen LogP contribution in [0.15, 0.2) is 0 Å². The second-order valence-corrected chi connectivity index (χ2v) is 5.10. The Hall–Kier alpha value is -0.610. The lowest BCUT2D eigenvalue weighted by molar-refractivity contribution is -0.123. The number of piperidine rings is 1. The minimum atomic E-state index is 0.144. The minimum Gasteiger partial charge on any atom is -0.355 e. The number of unbranched alkanes of at least 4 members (excludes halogenated alkanes) is 1. The number of carbonyl (C=O) groups excluding carboxylic acids is 1. The van der Waals surface area contributed by atoms with E-state index in [1.165, 1.54) is 12.8 Å². The van der Waals surface area contributed by atoms with Gasteiger partial charge in [0.2, 0.25) is 5.91 Å². The summed E-state index contributed by atoms with van der Waals surface area (Å²) in [4.78, 5) is 14.0. The van der Waals surface area contributed by atoms with Crippen LogP contribution >= 0.6 is 0 Å². The molecule has 1 saturated heterocycles. The maximum atomic E-state index is 11.8. The number of hydrogen-bond acceptors (Lipinski definition) is 3. The summed E-state index contributed by atoms with van der Waals surface area (Å²) < 4.78 is 0. The van der Waals surface area contributed by atoms with E-state index >= 15 is 0 Å². The van der Waals surface area contributed by atoms with Gasteiger partial charge < -0.3 is 11.1 Å². The molecule has 3 N–H and O–H groups in total. The Balaban J connectivity index is 2.34. The van der Waals surface area contributed by atoms with Gasteiger partial charge in [-0.15, -0.1) is 0 Å². The standard InChI is InChI=1S/C13H27N3O/c1-3-4-8-15-13(17)10-16-9-6-5-7-12(16)11(2)14/h11-12H,3-10,14H2,1-2H3,(H,15,17). The molecule has 2 atom stereocenters. The van der Waals surface area contributed by atoms with E-state index in [9.17, 15) is 4.79 Å². The lowest BCUT2D eigenvalue weighted by atomic mass is 9.97. The van der Waals surface area contributed by atoms with Crippen molar-refractivity contribution in [2.24, 2.45) is 5.73 Å². The third-order valence-electron chi connectivity index (χ3n) is 3.47. The molecule has 17 heavy (non-hydrogen) atoms. The summed E-state index contributed by atoms with van der Waals surface area (Å²) in [5.74, 6) is 0.144. The molecule has 1 heterocycles. The molecule has 0 bridgehead atoms. The van der Waals surface area contributed by atoms with E-state index in [1.54, 1.807) is 0 Å². The first-order valence-corrected chi connectivity index (χ1v) is 6.91. The molecule has 1 rings (SSSR count). The average Bonchev–Trinajstić information content (AvgIpc) is 2.29. The zero-order valence-electron chi connectivity index (χ0n) is 11.2. The van der Waals surface area contributed by atoms with Crippen LogP contribution in [0.2, 0.25) is 0 Å². The highest BCUT2D eigenvalue weighted by atomic mass is 16.2. The number of rotatable bonds is 6. The molecule has 1 amide bonds. The van der Waals surface area contributed by atoms with Gasteiger partial charge in [0.25, 0.3) is 0 Å². The van der Waals surface area contributed by atoms with E-state index in [1.807, 2.05) is 6.92 Å². The fraction of sp³-hybridized carbons (Fsp3) is 0.923. The Bertz CT molecular complexity index is 231. The molecule has 0 radical (unpaired) electrons. The first kappa shape index (κ1) is 14.5. The number of amides is 1. The average molecular weight is 241 g/mol. The van der Waals surface area contributed by atoms with Gasteiger partial charge >= 0.3 is 0 Å². The predicted molar refractivity (Wildman–Crippen MR) is 70.8 cm³/mol. The van der Waals surface area contributed by atoms with E-state index in [0.29, 0.717) is 12.6 Å². The SMILES string of the molecule is CCCCNC(=O)CN1CCCCC1C(C)N. The zero-order chi connectivity index (χ0) is 12.7. The Labute approximate surface area is 105 Å². The zero-order valence-corrected chi connectivity index (χ0v) is 11.2. The van der Waals surface area contributed by atoms with Crippen LogP contribution in [0.25, 0.3) is 0 Å². The molecule has 1 aliphatic rings. The van der Waals surface area contributed by atoms with Crippen molar-refractivity contribution in [2.45, 2.75) is 58.0 Å². The van der Waals surface area contributed by atoms with Crippen LogP contribution in [0, 0.1) is 0 Å². The van der Waals surface area contributed by atoms with Gasteiger partial charge in [-0.1, -0.05) is 19.8 Å². The van der Waals surface area contributed by atoms with Crippen molar-refractivity contribution in [3.63, 3.8) is 0 Å². The van der Waals surface area contributed by atoms with Crippen LogP contribution in [0.3, 0.4) is 0 Å². The van der Waals surface area contributed by atoms with Gasteiger partial charge in [0.1, 0.15) is 0 Å². The summed E-state index contributed by atoms with van der Waals surface area (Å²) in [6.45, 7) is 6.48. The van der Waals surface area contributed by atoms with E-state index in [-0.39, 0.29) is 11.9 Å². The summed E-state index contributed by atoms with van der Waals surface area (Å²) >= 11 is 0. The summed E-state index contributed by atoms with van der Waals surface area (Å²) in [6, 6.07) is 0.527. The van der Waals surface area contributed by atoms with E-state index in [4.69, 9.17) is 5.73 Å². The molecule has 100 valence electrons. The molecule has 4 heteroatoms. The molecule has 1 fully saturated rings. The minimum absolute atomic E-state index is 0.144. The number of nitrogens with two attached hydrogens (primary N) is 1. The third kappa shape index (κ3) is 5.04. The molecule has 0 aliphatic carbocycles. The van der Waals surface area contributed by atoms with Gasteiger partial charge in [-0.3, -0.25) is 9.69 Å². The van der Waals surface area contributed by atoms with Gasteiger partial charge in [0.15, 0.2) is 0 Å². The van der Waals surface area contributed by atoms with Gasteiger partial charge in [-0.25, -0.2) is 0 Å². The highest BCUT2D eigenvalue weighted by molar-refractivity contribution is 5.78.